The number of allylic oxidation sites excluding steroid dienone is 1. The maximum absolute atomic E-state index is 12.1. The molecule has 0 aromatic carbocycles. The van der Waals surface area contributed by atoms with Crippen LogP contribution in [-0.2, 0) is 14.3 Å². The Balaban J connectivity index is 4.28. The first-order valence-electron chi connectivity index (χ1n) is 21.3. The number of ether oxygens (including phenoxy) is 1. The number of hydrogen-bond donors (Lipinski definition) is 0. The van der Waals surface area contributed by atoms with Gasteiger partial charge >= 0.3 is 0 Å². The molecule has 0 saturated carbocycles. The van der Waals surface area contributed by atoms with Gasteiger partial charge in [0.1, 0.15) is 0 Å². The summed E-state index contributed by atoms with van der Waals surface area (Å²) >= 11 is 0. The minimum Gasteiger partial charge on any atom is -0.545 e. The van der Waals surface area contributed by atoms with Crippen molar-refractivity contribution in [3.05, 3.63) is 23.3 Å². The topological polar surface area (TPSA) is 89.5 Å². The average molecular weight is 689 g/mol. The van der Waals surface area contributed by atoms with Crippen molar-refractivity contribution in [1.82, 2.24) is 0 Å². The molecule has 0 heterocycles. The molecule has 0 radical (unpaired) electrons. The van der Waals surface area contributed by atoms with Crippen LogP contribution in [0.1, 0.15) is 232 Å². The zero-order chi connectivity index (χ0) is 36.0. The first kappa shape index (κ1) is 47.4. The van der Waals surface area contributed by atoms with Crippen molar-refractivity contribution in [2.24, 2.45) is 0 Å². The van der Waals surface area contributed by atoms with Gasteiger partial charge < -0.3 is 24.5 Å². The van der Waals surface area contributed by atoms with Gasteiger partial charge in [-0.25, -0.2) is 0 Å². The summed E-state index contributed by atoms with van der Waals surface area (Å²) < 4.78 is 5.43. The van der Waals surface area contributed by atoms with Crippen LogP contribution in [0.25, 0.3) is 0 Å². The monoisotopic (exact) mass is 689 g/mol. The highest BCUT2D eigenvalue weighted by Gasteiger charge is 2.10. The predicted molar refractivity (Wildman–Crippen MR) is 205 cm³/mol. The van der Waals surface area contributed by atoms with Crippen LogP contribution in [0, 0.1) is 0 Å². The van der Waals surface area contributed by atoms with Gasteiger partial charge in [0.25, 0.3) is 0 Å². The highest BCUT2D eigenvalue weighted by Crippen LogP contribution is 2.23. The van der Waals surface area contributed by atoms with E-state index in [1.807, 2.05) is 0 Å². The van der Waals surface area contributed by atoms with Gasteiger partial charge in [0.15, 0.2) is 0 Å². The molecule has 49 heavy (non-hydrogen) atoms. The van der Waals surface area contributed by atoms with E-state index in [0.717, 1.165) is 44.1 Å². The quantitative estimate of drug-likeness (QED) is 0.0472. The second-order valence-electron chi connectivity index (χ2n) is 14.9. The Morgan fingerprint density at radius 2 is 0.673 bits per heavy atom. The van der Waals surface area contributed by atoms with Crippen LogP contribution in [-0.4, -0.2) is 25.2 Å². The average Bonchev–Trinajstić information content (AvgIpc) is 3.08. The van der Waals surface area contributed by atoms with Crippen molar-refractivity contribution >= 4 is 11.9 Å². The lowest BCUT2D eigenvalue weighted by Crippen LogP contribution is -2.30. The Bertz CT molecular complexity index is 763. The summed E-state index contributed by atoms with van der Waals surface area (Å²) in [5.74, 6) is -2.58. The summed E-state index contributed by atoms with van der Waals surface area (Å²) in [6.45, 7) is 7.57. The third kappa shape index (κ3) is 33.3. The lowest BCUT2D eigenvalue weighted by molar-refractivity contribution is -0.300. The van der Waals surface area contributed by atoms with E-state index in [1.54, 1.807) is 0 Å². The molecule has 288 valence electrons. The molecule has 0 aromatic rings. The number of carbonyl (C=O) groups is 2. The summed E-state index contributed by atoms with van der Waals surface area (Å²) in [7, 11) is 0. The normalized spacial score (nSPS) is 11.2. The highest BCUT2D eigenvalue weighted by atomic mass is 16.5. The second kappa shape index (κ2) is 37.6. The summed E-state index contributed by atoms with van der Waals surface area (Å²) in [5.41, 5.74) is 0.915. The number of rotatable bonds is 40. The van der Waals surface area contributed by atoms with E-state index in [-0.39, 0.29) is 24.4 Å². The second-order valence-corrected chi connectivity index (χ2v) is 14.9. The molecule has 0 aliphatic carbocycles. The van der Waals surface area contributed by atoms with Crippen molar-refractivity contribution in [3.63, 3.8) is 0 Å². The van der Waals surface area contributed by atoms with E-state index >= 15 is 0 Å². The first-order valence-corrected chi connectivity index (χ1v) is 21.3. The molecule has 0 saturated heterocycles. The van der Waals surface area contributed by atoms with Crippen LogP contribution < -0.4 is 10.2 Å². The largest absolute Gasteiger partial charge is 0.545 e. The molecular weight excluding hydrogens is 608 g/mol. The van der Waals surface area contributed by atoms with E-state index in [9.17, 15) is 19.8 Å². The Hall–Kier alpha value is -1.62. The fourth-order valence-electron chi connectivity index (χ4n) is 6.84. The molecule has 0 rings (SSSR count). The molecule has 0 aliphatic heterocycles. The molecule has 0 aromatic heterocycles. The summed E-state index contributed by atoms with van der Waals surface area (Å²) in [6.07, 6.45) is 43.4. The van der Waals surface area contributed by atoms with Crippen LogP contribution in [0.4, 0.5) is 0 Å². The molecule has 5 nitrogen and oxygen atoms in total. The molecule has 0 aliphatic rings. The van der Waals surface area contributed by atoms with E-state index in [1.165, 1.54) is 180 Å². The predicted octanol–water partition coefficient (Wildman–Crippen LogP) is 11.7. The van der Waals surface area contributed by atoms with Gasteiger partial charge in [0.2, 0.25) is 0 Å². The Kier molecular flexibility index (Phi) is 36.4. The standard InChI is InChI=1S/C44H82O5/c1-4-6-8-10-12-14-16-18-20-22-24-26-28-30-32-34-36-41(42(44(47)48)39-49-38-40(3)43(45)46)37-35-33-31-29-27-25-23-21-19-17-15-13-11-9-7-5-2/h3-39H2,1-2H3,(H,45,46)(H,47,48)/p-2. The molecule has 5 heteroatoms. The number of carboxylic acid groups (broad SMARTS) is 2. The fraction of sp³-hybridized carbons (Fsp3) is 0.864. The molecule has 0 atom stereocenters. The first-order chi connectivity index (χ1) is 23.9. The van der Waals surface area contributed by atoms with Crippen molar-refractivity contribution < 1.29 is 24.5 Å². The Morgan fingerprint density at radius 3 is 0.918 bits per heavy atom. The van der Waals surface area contributed by atoms with Gasteiger partial charge in [-0.2, -0.15) is 0 Å². The SMILES string of the molecule is C=C(COCC(C(=O)[O-])=C(CCCCCCCCCCCCCCCCCC)CCCCCCCCCCCCCCCCCC)C(=O)[O-]. The minimum absolute atomic E-state index is 0.151. The molecule has 0 bridgehead atoms. The van der Waals surface area contributed by atoms with E-state index in [4.69, 9.17) is 4.74 Å². The molecular formula is C44H80O5-2. The van der Waals surface area contributed by atoms with Gasteiger partial charge in [-0.3, -0.25) is 0 Å². The Morgan fingerprint density at radius 1 is 0.408 bits per heavy atom. The van der Waals surface area contributed by atoms with Crippen molar-refractivity contribution in [1.29, 1.82) is 0 Å². The third-order valence-corrected chi connectivity index (χ3v) is 10.1. The number of aliphatic carboxylic acids is 2. The van der Waals surface area contributed by atoms with Gasteiger partial charge in [-0.1, -0.05) is 219 Å². The van der Waals surface area contributed by atoms with Gasteiger partial charge in [0, 0.05) is 0 Å². The maximum atomic E-state index is 12.1. The highest BCUT2D eigenvalue weighted by molar-refractivity contribution is 5.86. The number of carbonyl (C=O) groups excluding carboxylic acids is 2. The van der Waals surface area contributed by atoms with E-state index in [2.05, 4.69) is 20.4 Å². The third-order valence-electron chi connectivity index (χ3n) is 10.1. The molecule has 0 spiro atoms. The van der Waals surface area contributed by atoms with Gasteiger partial charge in [-0.15, -0.1) is 0 Å². The van der Waals surface area contributed by atoms with Crippen molar-refractivity contribution in [3.8, 4) is 0 Å². The number of hydrogen-bond acceptors (Lipinski definition) is 5. The fourth-order valence-corrected chi connectivity index (χ4v) is 6.84. The van der Waals surface area contributed by atoms with E-state index in [0.29, 0.717) is 0 Å². The summed E-state index contributed by atoms with van der Waals surface area (Å²) in [5, 5.41) is 23.1. The lowest BCUT2D eigenvalue weighted by atomic mass is 9.95. The number of carboxylic acids is 2. The molecule has 0 amide bonds. The number of unbranched alkanes of at least 4 members (excludes halogenated alkanes) is 30. The van der Waals surface area contributed by atoms with E-state index < -0.39 is 11.9 Å². The van der Waals surface area contributed by atoms with Gasteiger partial charge in [-0.05, 0) is 36.8 Å². The van der Waals surface area contributed by atoms with Crippen molar-refractivity contribution in [2.45, 2.75) is 232 Å². The Labute approximate surface area is 304 Å². The molecule has 0 fully saturated rings. The molecule has 0 unspecified atom stereocenters. The summed E-state index contributed by atoms with van der Waals surface area (Å²) in [6, 6.07) is 0. The van der Waals surface area contributed by atoms with Crippen molar-refractivity contribution in [2.75, 3.05) is 13.2 Å². The van der Waals surface area contributed by atoms with Crippen LogP contribution >= 0.6 is 0 Å². The molecule has 0 N–H and O–H groups in total. The van der Waals surface area contributed by atoms with Crippen LogP contribution in [0.2, 0.25) is 0 Å². The lowest BCUT2D eigenvalue weighted by Gasteiger charge is -2.18. The zero-order valence-corrected chi connectivity index (χ0v) is 32.7. The van der Waals surface area contributed by atoms with Crippen LogP contribution in [0.5, 0.6) is 0 Å². The maximum Gasteiger partial charge on any atom is 0.0738 e. The smallest absolute Gasteiger partial charge is 0.0738 e. The minimum atomic E-state index is -1.37. The van der Waals surface area contributed by atoms with Gasteiger partial charge in [0.05, 0.1) is 25.2 Å². The van der Waals surface area contributed by atoms with Crippen LogP contribution in [0.15, 0.2) is 23.3 Å². The van der Waals surface area contributed by atoms with Crippen LogP contribution in [0.3, 0.4) is 0 Å². The summed E-state index contributed by atoms with van der Waals surface area (Å²) in [4.78, 5) is 23.1. The zero-order valence-electron chi connectivity index (χ0n) is 32.7.